The number of carbonyl (C=O) groups is 3. The Labute approximate surface area is 138 Å². The number of nitrogens with zero attached hydrogens (tertiary/aromatic N) is 2. The minimum Gasteiger partial charge on any atom is -0.467 e. The molecule has 0 saturated carbocycles. The highest BCUT2D eigenvalue weighted by molar-refractivity contribution is 6.32. The predicted molar refractivity (Wildman–Crippen MR) is 86.6 cm³/mol. The first kappa shape index (κ1) is 15.7. The lowest BCUT2D eigenvalue weighted by Gasteiger charge is -2.28. The summed E-state index contributed by atoms with van der Waals surface area (Å²) < 4.78 is 5.13. The summed E-state index contributed by atoms with van der Waals surface area (Å²) in [6.07, 6.45) is 2.76. The quantitative estimate of drug-likeness (QED) is 0.688. The summed E-state index contributed by atoms with van der Waals surface area (Å²) in [5.74, 6) is -1.85. The SMILES string of the molecule is Cc1cccc(N2C(=O)NC(=O)[C@H](C=NCc3ccco3)C2=O)c1. The second-order valence-corrected chi connectivity index (χ2v) is 5.35. The van der Waals surface area contributed by atoms with E-state index >= 15 is 0 Å². The number of anilines is 1. The van der Waals surface area contributed by atoms with Crippen LogP contribution in [0.5, 0.6) is 0 Å². The van der Waals surface area contributed by atoms with Crippen molar-refractivity contribution in [1.82, 2.24) is 5.32 Å². The van der Waals surface area contributed by atoms with Gasteiger partial charge in [0.25, 0.3) is 5.91 Å². The molecule has 0 unspecified atom stereocenters. The van der Waals surface area contributed by atoms with Crippen LogP contribution >= 0.6 is 0 Å². The summed E-state index contributed by atoms with van der Waals surface area (Å²) in [6.45, 7) is 2.06. The van der Waals surface area contributed by atoms with Crippen molar-refractivity contribution in [3.05, 3.63) is 54.0 Å². The molecule has 0 bridgehead atoms. The fraction of sp³-hybridized carbons (Fsp3) is 0.176. The lowest BCUT2D eigenvalue weighted by Crippen LogP contribution is -2.58. The summed E-state index contributed by atoms with van der Waals surface area (Å²) in [5, 5.41) is 2.18. The lowest BCUT2D eigenvalue weighted by atomic mass is 10.1. The van der Waals surface area contributed by atoms with E-state index in [1.807, 2.05) is 13.0 Å². The zero-order valence-corrected chi connectivity index (χ0v) is 12.9. The first-order chi connectivity index (χ1) is 11.6. The Morgan fingerprint density at radius 1 is 1.25 bits per heavy atom. The van der Waals surface area contributed by atoms with Gasteiger partial charge in [0.1, 0.15) is 5.76 Å². The topological polar surface area (TPSA) is 92.0 Å². The minimum absolute atomic E-state index is 0.211. The van der Waals surface area contributed by atoms with E-state index in [0.29, 0.717) is 11.4 Å². The van der Waals surface area contributed by atoms with Crippen LogP contribution in [0.1, 0.15) is 11.3 Å². The minimum atomic E-state index is -1.15. The molecule has 0 spiro atoms. The Bertz CT molecular complexity index is 811. The zero-order valence-electron chi connectivity index (χ0n) is 12.9. The molecular weight excluding hydrogens is 310 g/mol. The number of rotatable bonds is 4. The number of aliphatic imine (C=N–C) groups is 1. The second-order valence-electron chi connectivity index (χ2n) is 5.35. The summed E-state index contributed by atoms with van der Waals surface area (Å²) in [7, 11) is 0. The zero-order chi connectivity index (χ0) is 17.1. The van der Waals surface area contributed by atoms with Crippen molar-refractivity contribution in [3.63, 3.8) is 0 Å². The maximum Gasteiger partial charge on any atom is 0.335 e. The van der Waals surface area contributed by atoms with Gasteiger partial charge in [0.05, 0.1) is 18.5 Å². The van der Waals surface area contributed by atoms with Crippen LogP contribution in [0, 0.1) is 12.8 Å². The third-order valence-corrected chi connectivity index (χ3v) is 3.54. The molecule has 7 nitrogen and oxygen atoms in total. The van der Waals surface area contributed by atoms with Gasteiger partial charge in [-0.15, -0.1) is 0 Å². The van der Waals surface area contributed by atoms with Gasteiger partial charge in [0.2, 0.25) is 5.91 Å². The summed E-state index contributed by atoms with van der Waals surface area (Å²) in [4.78, 5) is 41.6. The Hall–Kier alpha value is -3.22. The average molecular weight is 325 g/mol. The van der Waals surface area contributed by atoms with Gasteiger partial charge in [-0.2, -0.15) is 0 Å². The molecule has 0 aliphatic carbocycles. The van der Waals surface area contributed by atoms with Crippen LogP contribution < -0.4 is 10.2 Å². The van der Waals surface area contributed by atoms with Crippen molar-refractivity contribution in [2.45, 2.75) is 13.5 Å². The third-order valence-electron chi connectivity index (χ3n) is 3.54. The van der Waals surface area contributed by atoms with E-state index in [1.165, 1.54) is 12.5 Å². The molecule has 1 N–H and O–H groups in total. The van der Waals surface area contributed by atoms with E-state index in [1.54, 1.807) is 30.3 Å². The number of benzene rings is 1. The molecule has 1 atom stereocenters. The van der Waals surface area contributed by atoms with E-state index in [4.69, 9.17) is 4.42 Å². The van der Waals surface area contributed by atoms with E-state index in [0.717, 1.165) is 10.5 Å². The third kappa shape index (κ3) is 3.10. The number of hydrogen-bond donors (Lipinski definition) is 1. The molecule has 2 heterocycles. The van der Waals surface area contributed by atoms with E-state index in [2.05, 4.69) is 10.3 Å². The summed E-state index contributed by atoms with van der Waals surface area (Å²) >= 11 is 0. The van der Waals surface area contributed by atoms with Gasteiger partial charge in [-0.05, 0) is 36.8 Å². The molecule has 1 aromatic heterocycles. The Balaban J connectivity index is 1.82. The van der Waals surface area contributed by atoms with E-state index < -0.39 is 23.8 Å². The monoisotopic (exact) mass is 325 g/mol. The molecule has 122 valence electrons. The summed E-state index contributed by atoms with van der Waals surface area (Å²) in [6, 6.07) is 9.63. The molecule has 3 rings (SSSR count). The molecule has 0 radical (unpaired) electrons. The summed E-state index contributed by atoms with van der Waals surface area (Å²) in [5.41, 5.74) is 1.31. The largest absolute Gasteiger partial charge is 0.467 e. The predicted octanol–water partition coefficient (Wildman–Crippen LogP) is 2.06. The van der Waals surface area contributed by atoms with Crippen molar-refractivity contribution in [3.8, 4) is 0 Å². The molecule has 1 saturated heterocycles. The van der Waals surface area contributed by atoms with E-state index in [-0.39, 0.29) is 6.54 Å². The molecule has 4 amide bonds. The number of imide groups is 2. The number of nitrogens with one attached hydrogen (secondary N) is 1. The highest BCUT2D eigenvalue weighted by Crippen LogP contribution is 2.21. The number of aryl methyl sites for hydroxylation is 1. The molecule has 1 aliphatic rings. The molecule has 1 fully saturated rings. The first-order valence-electron chi connectivity index (χ1n) is 7.34. The molecule has 24 heavy (non-hydrogen) atoms. The van der Waals surface area contributed by atoms with Crippen LogP contribution in [0.4, 0.5) is 10.5 Å². The smallest absolute Gasteiger partial charge is 0.335 e. The van der Waals surface area contributed by atoms with Crippen LogP contribution in [0.2, 0.25) is 0 Å². The van der Waals surface area contributed by atoms with Gasteiger partial charge < -0.3 is 4.42 Å². The van der Waals surface area contributed by atoms with Gasteiger partial charge in [-0.25, -0.2) is 9.69 Å². The Morgan fingerprint density at radius 2 is 2.08 bits per heavy atom. The molecule has 7 heteroatoms. The van der Waals surface area contributed by atoms with Crippen LogP contribution in [0.3, 0.4) is 0 Å². The number of amides is 4. The van der Waals surface area contributed by atoms with Crippen molar-refractivity contribution < 1.29 is 18.8 Å². The lowest BCUT2D eigenvalue weighted by molar-refractivity contribution is -0.131. The Kier molecular flexibility index (Phi) is 4.24. The van der Waals surface area contributed by atoms with Crippen LogP contribution in [-0.4, -0.2) is 24.1 Å². The number of hydrogen-bond acceptors (Lipinski definition) is 5. The highest BCUT2D eigenvalue weighted by atomic mass is 16.3. The number of barbiturate groups is 1. The normalized spacial score (nSPS) is 18.3. The van der Waals surface area contributed by atoms with Gasteiger partial charge >= 0.3 is 6.03 Å². The van der Waals surface area contributed by atoms with Gasteiger partial charge in [0, 0.05) is 6.21 Å². The van der Waals surface area contributed by atoms with Gasteiger partial charge in [0.15, 0.2) is 5.92 Å². The van der Waals surface area contributed by atoms with E-state index in [9.17, 15) is 14.4 Å². The highest BCUT2D eigenvalue weighted by Gasteiger charge is 2.40. The average Bonchev–Trinajstić information content (AvgIpc) is 3.03. The number of carbonyl (C=O) groups excluding carboxylic acids is 3. The fourth-order valence-corrected chi connectivity index (χ4v) is 2.38. The van der Waals surface area contributed by atoms with Crippen LogP contribution in [0.25, 0.3) is 0 Å². The number of furan rings is 1. The van der Waals surface area contributed by atoms with Crippen molar-refractivity contribution in [2.75, 3.05) is 4.90 Å². The van der Waals surface area contributed by atoms with Crippen molar-refractivity contribution in [2.24, 2.45) is 10.9 Å². The molecule has 1 aliphatic heterocycles. The van der Waals surface area contributed by atoms with Crippen LogP contribution in [0.15, 0.2) is 52.1 Å². The van der Waals surface area contributed by atoms with Crippen molar-refractivity contribution in [1.29, 1.82) is 0 Å². The maximum atomic E-state index is 12.6. The fourth-order valence-electron chi connectivity index (χ4n) is 2.38. The van der Waals surface area contributed by atoms with Gasteiger partial charge in [-0.3, -0.25) is 19.9 Å². The standard InChI is InChI=1S/C17H15N3O4/c1-11-4-2-5-12(8-11)20-16(22)14(15(21)19-17(20)23)10-18-9-13-6-3-7-24-13/h2-8,10,14H,9H2,1H3,(H,19,21,23)/t14-/m0/s1. The molecular formula is C17H15N3O4. The van der Waals surface area contributed by atoms with Gasteiger partial charge in [-0.1, -0.05) is 12.1 Å². The van der Waals surface area contributed by atoms with Crippen molar-refractivity contribution >= 4 is 29.7 Å². The Morgan fingerprint density at radius 3 is 2.79 bits per heavy atom. The second kappa shape index (κ2) is 6.49. The molecule has 1 aromatic carbocycles. The van der Waals surface area contributed by atoms with Crippen LogP contribution in [-0.2, 0) is 16.1 Å². The first-order valence-corrected chi connectivity index (χ1v) is 7.34. The number of urea groups is 1. The molecule has 2 aromatic rings. The maximum absolute atomic E-state index is 12.6.